The fourth-order valence-corrected chi connectivity index (χ4v) is 3.47. The molecule has 0 spiro atoms. The Morgan fingerprint density at radius 1 is 1.17 bits per heavy atom. The lowest BCUT2D eigenvalue weighted by Gasteiger charge is -2.07. The maximum absolute atomic E-state index is 12.2. The highest BCUT2D eigenvalue weighted by molar-refractivity contribution is 7.93. The first-order chi connectivity index (χ1) is 11.0. The molecule has 0 aliphatic rings. The number of aromatic amines is 1. The lowest BCUT2D eigenvalue weighted by Crippen LogP contribution is -2.13. The average molecular weight is 350 g/mol. The zero-order valence-corrected chi connectivity index (χ0v) is 13.1. The normalized spacial score (nSPS) is 11.1. The molecule has 0 aliphatic heterocycles. The lowest BCUT2D eigenvalue weighted by molar-refractivity contribution is 0.601. The molecule has 1 aromatic carbocycles. The van der Waals surface area contributed by atoms with Crippen molar-refractivity contribution in [1.29, 1.82) is 0 Å². The summed E-state index contributed by atoms with van der Waals surface area (Å²) >= 11 is 1.19. The average Bonchev–Trinajstić information content (AvgIpc) is 3.00. The van der Waals surface area contributed by atoms with Crippen LogP contribution in [0.15, 0.2) is 51.7 Å². The molecule has 0 unspecified atom stereocenters. The zero-order chi connectivity index (χ0) is 16.3. The van der Waals surface area contributed by atoms with E-state index in [4.69, 9.17) is 0 Å². The predicted molar refractivity (Wildman–Crippen MR) is 85.3 cm³/mol. The molecule has 9 nitrogen and oxygen atoms in total. The Morgan fingerprint density at radius 3 is 2.61 bits per heavy atom. The van der Waals surface area contributed by atoms with Gasteiger partial charge in [-0.2, -0.15) is 10.1 Å². The van der Waals surface area contributed by atoms with Crippen molar-refractivity contribution in [1.82, 2.24) is 20.2 Å². The first kappa shape index (κ1) is 15.1. The van der Waals surface area contributed by atoms with Gasteiger partial charge in [0, 0.05) is 17.3 Å². The van der Waals surface area contributed by atoms with Crippen LogP contribution in [0.25, 0.3) is 0 Å². The van der Waals surface area contributed by atoms with Gasteiger partial charge in [0.05, 0.1) is 11.1 Å². The summed E-state index contributed by atoms with van der Waals surface area (Å²) in [7, 11) is -3.69. The van der Waals surface area contributed by atoms with E-state index in [1.165, 1.54) is 35.9 Å². The quantitative estimate of drug-likeness (QED) is 0.629. The minimum absolute atomic E-state index is 0.0928. The van der Waals surface area contributed by atoms with Crippen molar-refractivity contribution in [2.24, 2.45) is 0 Å². The van der Waals surface area contributed by atoms with Gasteiger partial charge >= 0.3 is 5.69 Å². The zero-order valence-electron chi connectivity index (χ0n) is 11.4. The van der Waals surface area contributed by atoms with Crippen molar-refractivity contribution < 1.29 is 8.42 Å². The number of nitrogens with one attached hydrogen (secondary N) is 3. The highest BCUT2D eigenvalue weighted by Crippen LogP contribution is 2.20. The molecule has 2 heterocycles. The molecule has 23 heavy (non-hydrogen) atoms. The van der Waals surface area contributed by atoms with Gasteiger partial charge in [-0.25, -0.2) is 23.3 Å². The molecule has 3 rings (SSSR count). The topological polar surface area (TPSA) is 130 Å². The van der Waals surface area contributed by atoms with Crippen molar-refractivity contribution >= 4 is 38.0 Å². The van der Waals surface area contributed by atoms with E-state index < -0.39 is 15.7 Å². The number of anilines is 3. The minimum Gasteiger partial charge on any atom is -0.339 e. The molecule has 3 N–H and O–H groups in total. The molecule has 0 bridgehead atoms. The Hall–Kier alpha value is -2.79. The number of nitrogens with zero attached hydrogens (tertiary/aromatic N) is 3. The van der Waals surface area contributed by atoms with Crippen molar-refractivity contribution in [3.05, 3.63) is 52.5 Å². The molecule has 0 atom stereocenters. The van der Waals surface area contributed by atoms with Crippen LogP contribution in [0.5, 0.6) is 0 Å². The van der Waals surface area contributed by atoms with E-state index in [1.54, 1.807) is 17.5 Å². The van der Waals surface area contributed by atoms with E-state index in [-0.39, 0.29) is 10.7 Å². The van der Waals surface area contributed by atoms with Crippen LogP contribution in [-0.2, 0) is 10.0 Å². The van der Waals surface area contributed by atoms with Gasteiger partial charge in [-0.15, -0.1) is 11.3 Å². The highest BCUT2D eigenvalue weighted by atomic mass is 32.2. The second-order valence-electron chi connectivity index (χ2n) is 4.26. The number of rotatable bonds is 5. The van der Waals surface area contributed by atoms with Gasteiger partial charge in [0.1, 0.15) is 0 Å². The molecule has 2 aromatic heterocycles. The van der Waals surface area contributed by atoms with Crippen molar-refractivity contribution in [2.45, 2.75) is 4.90 Å². The van der Waals surface area contributed by atoms with E-state index >= 15 is 0 Å². The Morgan fingerprint density at radius 2 is 1.96 bits per heavy atom. The van der Waals surface area contributed by atoms with E-state index in [0.29, 0.717) is 10.8 Å². The molecule has 0 saturated heterocycles. The Bertz CT molecular complexity index is 951. The summed E-state index contributed by atoms with van der Waals surface area (Å²) in [6, 6.07) is 5.97. The lowest BCUT2D eigenvalue weighted by atomic mass is 10.3. The second kappa shape index (κ2) is 6.14. The van der Waals surface area contributed by atoms with Gasteiger partial charge in [0.2, 0.25) is 0 Å². The van der Waals surface area contributed by atoms with Crippen LogP contribution in [0, 0.1) is 0 Å². The Balaban J connectivity index is 1.77. The van der Waals surface area contributed by atoms with Crippen LogP contribution >= 0.6 is 11.3 Å². The third-order valence-corrected chi connectivity index (χ3v) is 4.83. The number of sulfonamides is 1. The summed E-state index contributed by atoms with van der Waals surface area (Å²) in [5.41, 5.74) is -0.0139. The van der Waals surface area contributed by atoms with E-state index in [1.807, 2.05) is 0 Å². The minimum atomic E-state index is -3.69. The van der Waals surface area contributed by atoms with Crippen LogP contribution in [0.1, 0.15) is 0 Å². The van der Waals surface area contributed by atoms with Gasteiger partial charge in [-0.3, -0.25) is 4.72 Å². The molecule has 0 amide bonds. The number of thiazole rings is 1. The van der Waals surface area contributed by atoms with E-state index in [2.05, 4.69) is 30.2 Å². The summed E-state index contributed by atoms with van der Waals surface area (Å²) in [6.45, 7) is 0. The molecule has 0 fully saturated rings. The monoisotopic (exact) mass is 350 g/mol. The van der Waals surface area contributed by atoms with Gasteiger partial charge in [-0.1, -0.05) is 0 Å². The summed E-state index contributed by atoms with van der Waals surface area (Å²) in [5, 5.41) is 10.6. The maximum atomic E-state index is 12.2. The van der Waals surface area contributed by atoms with Gasteiger partial charge in [-0.05, 0) is 24.3 Å². The molecule has 3 aromatic rings. The number of aromatic nitrogens is 4. The third-order valence-electron chi connectivity index (χ3n) is 2.66. The Labute approximate surface area is 134 Å². The summed E-state index contributed by atoms with van der Waals surface area (Å²) in [4.78, 5) is 18.7. The SMILES string of the molecule is O=c1nc(Nc2ccc(S(=O)(=O)Nc3nccs3)cc2)cn[nH]1. The highest BCUT2D eigenvalue weighted by Gasteiger charge is 2.15. The van der Waals surface area contributed by atoms with Gasteiger partial charge < -0.3 is 5.32 Å². The van der Waals surface area contributed by atoms with Gasteiger partial charge in [0.15, 0.2) is 10.9 Å². The van der Waals surface area contributed by atoms with E-state index in [0.717, 1.165) is 0 Å². The standard InChI is InChI=1S/C12H10N6O3S2/c19-11-16-10(7-14-17-11)15-8-1-3-9(4-2-8)23(20,21)18-12-13-5-6-22-12/h1-7H,(H,13,18)(H2,15,16,17,19). The van der Waals surface area contributed by atoms with Crippen molar-refractivity contribution in [3.63, 3.8) is 0 Å². The van der Waals surface area contributed by atoms with E-state index in [9.17, 15) is 13.2 Å². The summed E-state index contributed by atoms with van der Waals surface area (Å²) in [6.07, 6.45) is 2.86. The van der Waals surface area contributed by atoms with Crippen molar-refractivity contribution in [3.8, 4) is 0 Å². The van der Waals surface area contributed by atoms with Gasteiger partial charge in [0.25, 0.3) is 10.0 Å². The third kappa shape index (κ3) is 3.70. The van der Waals surface area contributed by atoms with Crippen LogP contribution in [0.4, 0.5) is 16.6 Å². The second-order valence-corrected chi connectivity index (χ2v) is 6.84. The predicted octanol–water partition coefficient (Wildman–Crippen LogP) is 1.17. The van der Waals surface area contributed by atoms with Crippen LogP contribution in [-0.4, -0.2) is 28.6 Å². The fraction of sp³-hybridized carbons (Fsp3) is 0. The molecule has 118 valence electrons. The molecular formula is C12H10N6O3S2. The Kier molecular flexibility index (Phi) is 4.04. The molecule has 0 aliphatic carbocycles. The maximum Gasteiger partial charge on any atom is 0.363 e. The molecule has 0 saturated carbocycles. The number of H-pyrrole nitrogens is 1. The van der Waals surface area contributed by atoms with Crippen molar-refractivity contribution in [2.75, 3.05) is 10.0 Å². The van der Waals surface area contributed by atoms with Crippen LogP contribution in [0.2, 0.25) is 0 Å². The molecule has 0 radical (unpaired) electrons. The summed E-state index contributed by atoms with van der Waals surface area (Å²) in [5.74, 6) is 0.255. The van der Waals surface area contributed by atoms with Crippen LogP contribution < -0.4 is 15.7 Å². The number of benzene rings is 1. The molecular weight excluding hydrogens is 340 g/mol. The smallest absolute Gasteiger partial charge is 0.339 e. The first-order valence-corrected chi connectivity index (χ1v) is 8.60. The molecule has 11 heteroatoms. The number of hydrogen-bond acceptors (Lipinski definition) is 8. The van der Waals surface area contributed by atoms with Crippen LogP contribution in [0.3, 0.4) is 0 Å². The first-order valence-electron chi connectivity index (χ1n) is 6.24. The number of hydrogen-bond donors (Lipinski definition) is 3. The largest absolute Gasteiger partial charge is 0.363 e. The summed E-state index contributed by atoms with van der Waals surface area (Å²) < 4.78 is 26.7. The fourth-order valence-electron chi connectivity index (χ4n) is 1.69.